The van der Waals surface area contributed by atoms with Crippen molar-refractivity contribution in [1.29, 1.82) is 0 Å². The van der Waals surface area contributed by atoms with Gasteiger partial charge >= 0.3 is 5.97 Å². The van der Waals surface area contributed by atoms with E-state index >= 15 is 0 Å². The lowest BCUT2D eigenvalue weighted by Crippen LogP contribution is -2.20. The number of nitrogens with zero attached hydrogens (tertiary/aromatic N) is 3. The number of carbonyl (C=O) groups is 2. The zero-order valence-electron chi connectivity index (χ0n) is 14.4. The quantitative estimate of drug-likeness (QED) is 0.682. The van der Waals surface area contributed by atoms with Crippen LogP contribution in [0.2, 0.25) is 0 Å². The van der Waals surface area contributed by atoms with Crippen molar-refractivity contribution in [2.75, 3.05) is 19.0 Å². The number of aryl methyl sites for hydroxylation is 1. The summed E-state index contributed by atoms with van der Waals surface area (Å²) in [5, 5.41) is 10.6. The van der Waals surface area contributed by atoms with E-state index in [4.69, 9.17) is 9.47 Å². The molecule has 0 atom stereocenters. The fourth-order valence-electron chi connectivity index (χ4n) is 2.45. The molecule has 3 aromatic rings. The molecule has 0 spiro atoms. The summed E-state index contributed by atoms with van der Waals surface area (Å²) in [6, 6.07) is 11.9. The Morgan fingerprint density at radius 1 is 1.19 bits per heavy atom. The number of carbonyl (C=O) groups excluding carboxylic acids is 2. The molecule has 0 fully saturated rings. The zero-order valence-corrected chi connectivity index (χ0v) is 14.4. The van der Waals surface area contributed by atoms with E-state index in [1.807, 2.05) is 6.92 Å². The number of hydrogen-bond donors (Lipinski definition) is 1. The molecule has 1 heterocycles. The number of amides is 1. The number of rotatable bonds is 6. The normalized spacial score (nSPS) is 10.5. The minimum atomic E-state index is -0.598. The number of esters is 1. The Bertz CT molecular complexity index is 951. The maximum Gasteiger partial charge on any atom is 0.338 e. The second kappa shape index (κ2) is 7.64. The number of aromatic nitrogens is 3. The fourth-order valence-corrected chi connectivity index (χ4v) is 2.45. The number of ether oxygens (including phenoxy) is 2. The molecule has 8 heteroatoms. The Balaban J connectivity index is 1.60. The van der Waals surface area contributed by atoms with Gasteiger partial charge in [0.1, 0.15) is 11.3 Å². The molecule has 134 valence electrons. The summed E-state index contributed by atoms with van der Waals surface area (Å²) in [4.78, 5) is 24.1. The van der Waals surface area contributed by atoms with E-state index in [0.717, 1.165) is 5.52 Å². The summed E-state index contributed by atoms with van der Waals surface area (Å²) in [6.45, 7) is 2.25. The lowest BCUT2D eigenvalue weighted by Gasteiger charge is -2.08. The molecule has 0 aliphatic rings. The van der Waals surface area contributed by atoms with E-state index in [9.17, 15) is 9.59 Å². The van der Waals surface area contributed by atoms with E-state index in [1.165, 1.54) is 0 Å². The summed E-state index contributed by atoms with van der Waals surface area (Å²) in [5.74, 6) is -0.420. The van der Waals surface area contributed by atoms with Gasteiger partial charge in [0.05, 0.1) is 18.2 Å². The smallest absolute Gasteiger partial charge is 0.338 e. The number of methoxy groups -OCH3 is 1. The summed E-state index contributed by atoms with van der Waals surface area (Å²) >= 11 is 0. The molecule has 0 aliphatic heterocycles. The van der Waals surface area contributed by atoms with Crippen LogP contribution in [0.5, 0.6) is 5.75 Å². The van der Waals surface area contributed by atoms with Crippen molar-refractivity contribution < 1.29 is 19.1 Å². The van der Waals surface area contributed by atoms with Gasteiger partial charge in [-0.1, -0.05) is 11.3 Å². The first-order chi connectivity index (χ1) is 12.6. The van der Waals surface area contributed by atoms with Gasteiger partial charge in [-0.05, 0) is 37.3 Å². The number of hydrogen-bond acceptors (Lipinski definition) is 6. The van der Waals surface area contributed by atoms with Gasteiger partial charge in [-0.15, -0.1) is 5.10 Å². The molecular formula is C18H18N4O4. The Morgan fingerprint density at radius 3 is 2.81 bits per heavy atom. The SMILES string of the molecule is CCn1nnc2cc(C(=O)OCC(=O)Nc3cccc(OC)c3)ccc21. The third kappa shape index (κ3) is 3.80. The zero-order chi connectivity index (χ0) is 18.5. The van der Waals surface area contributed by atoms with Gasteiger partial charge in [-0.3, -0.25) is 4.79 Å². The molecule has 0 saturated heterocycles. The second-order valence-electron chi connectivity index (χ2n) is 5.46. The third-order valence-corrected chi connectivity index (χ3v) is 3.74. The van der Waals surface area contributed by atoms with E-state index < -0.39 is 18.5 Å². The lowest BCUT2D eigenvalue weighted by molar-refractivity contribution is -0.119. The van der Waals surface area contributed by atoms with E-state index in [0.29, 0.717) is 29.1 Å². The highest BCUT2D eigenvalue weighted by atomic mass is 16.5. The van der Waals surface area contributed by atoms with E-state index in [-0.39, 0.29) is 0 Å². The molecule has 1 N–H and O–H groups in total. The van der Waals surface area contributed by atoms with Gasteiger partial charge in [0.2, 0.25) is 0 Å². The summed E-state index contributed by atoms with van der Waals surface area (Å²) in [7, 11) is 1.54. The first-order valence-electron chi connectivity index (χ1n) is 8.05. The minimum Gasteiger partial charge on any atom is -0.497 e. The third-order valence-electron chi connectivity index (χ3n) is 3.74. The van der Waals surface area contributed by atoms with Crippen molar-refractivity contribution in [1.82, 2.24) is 15.0 Å². The maximum absolute atomic E-state index is 12.1. The van der Waals surface area contributed by atoms with Gasteiger partial charge in [0.15, 0.2) is 6.61 Å². The van der Waals surface area contributed by atoms with Gasteiger partial charge < -0.3 is 14.8 Å². The molecule has 1 aromatic heterocycles. The number of anilines is 1. The van der Waals surface area contributed by atoms with Crippen LogP contribution >= 0.6 is 0 Å². The van der Waals surface area contributed by atoms with Gasteiger partial charge in [-0.2, -0.15) is 0 Å². The van der Waals surface area contributed by atoms with Crippen molar-refractivity contribution >= 4 is 28.6 Å². The Hall–Kier alpha value is -3.42. The Kier molecular flexibility index (Phi) is 5.12. The van der Waals surface area contributed by atoms with Crippen LogP contribution < -0.4 is 10.1 Å². The minimum absolute atomic E-state index is 0.315. The van der Waals surface area contributed by atoms with Crippen LogP contribution in [0, 0.1) is 0 Å². The standard InChI is InChI=1S/C18H18N4O4/c1-3-22-16-8-7-12(9-15(16)20-21-22)18(24)26-11-17(23)19-13-5-4-6-14(10-13)25-2/h4-10H,3,11H2,1-2H3,(H,19,23). The van der Waals surface area contributed by atoms with Crippen molar-refractivity contribution in [2.45, 2.75) is 13.5 Å². The largest absolute Gasteiger partial charge is 0.497 e. The molecule has 0 aliphatic carbocycles. The predicted molar refractivity (Wildman–Crippen MR) is 95.1 cm³/mol. The Morgan fingerprint density at radius 2 is 2.04 bits per heavy atom. The molecule has 26 heavy (non-hydrogen) atoms. The van der Waals surface area contributed by atoms with Crippen LogP contribution in [0.4, 0.5) is 5.69 Å². The summed E-state index contributed by atoms with van der Waals surface area (Å²) < 4.78 is 11.9. The highest BCUT2D eigenvalue weighted by molar-refractivity contribution is 5.97. The fraction of sp³-hybridized carbons (Fsp3) is 0.222. The molecule has 0 radical (unpaired) electrons. The second-order valence-corrected chi connectivity index (χ2v) is 5.46. The van der Waals surface area contributed by atoms with Crippen LogP contribution in [0.25, 0.3) is 11.0 Å². The molecule has 0 bridgehead atoms. The topological polar surface area (TPSA) is 95.3 Å². The lowest BCUT2D eigenvalue weighted by atomic mass is 10.2. The molecule has 0 saturated carbocycles. The van der Waals surface area contributed by atoms with Crippen molar-refractivity contribution in [3.8, 4) is 5.75 Å². The Labute approximate surface area is 149 Å². The van der Waals surface area contributed by atoms with Gasteiger partial charge in [0.25, 0.3) is 5.91 Å². The van der Waals surface area contributed by atoms with E-state index in [1.54, 1.807) is 54.3 Å². The predicted octanol–water partition coefficient (Wildman–Crippen LogP) is 2.26. The average molecular weight is 354 g/mol. The highest BCUT2D eigenvalue weighted by Gasteiger charge is 2.13. The monoisotopic (exact) mass is 354 g/mol. The maximum atomic E-state index is 12.1. The van der Waals surface area contributed by atoms with Crippen molar-refractivity contribution in [3.05, 3.63) is 48.0 Å². The molecule has 8 nitrogen and oxygen atoms in total. The van der Waals surface area contributed by atoms with Crippen LogP contribution in [0.3, 0.4) is 0 Å². The first kappa shape index (κ1) is 17.4. The van der Waals surface area contributed by atoms with Crippen LogP contribution in [-0.2, 0) is 16.1 Å². The highest BCUT2D eigenvalue weighted by Crippen LogP contribution is 2.17. The number of benzene rings is 2. The first-order valence-corrected chi connectivity index (χ1v) is 8.05. The molecule has 1 amide bonds. The molecule has 3 rings (SSSR count). The molecule has 0 unspecified atom stereocenters. The van der Waals surface area contributed by atoms with Crippen LogP contribution in [-0.4, -0.2) is 40.6 Å². The molecule has 2 aromatic carbocycles. The van der Waals surface area contributed by atoms with Gasteiger partial charge in [0, 0.05) is 18.3 Å². The summed E-state index contributed by atoms with van der Waals surface area (Å²) in [6.07, 6.45) is 0. The average Bonchev–Trinajstić information content (AvgIpc) is 3.08. The molecular weight excluding hydrogens is 336 g/mol. The van der Waals surface area contributed by atoms with Crippen molar-refractivity contribution in [3.63, 3.8) is 0 Å². The van der Waals surface area contributed by atoms with Gasteiger partial charge in [-0.25, -0.2) is 9.48 Å². The van der Waals surface area contributed by atoms with Crippen molar-refractivity contribution in [2.24, 2.45) is 0 Å². The van der Waals surface area contributed by atoms with E-state index in [2.05, 4.69) is 15.6 Å². The number of nitrogens with one attached hydrogen (secondary N) is 1. The van der Waals surface area contributed by atoms with Crippen LogP contribution in [0.15, 0.2) is 42.5 Å². The van der Waals surface area contributed by atoms with Crippen LogP contribution in [0.1, 0.15) is 17.3 Å². The number of fused-ring (bicyclic) bond motifs is 1. The summed E-state index contributed by atoms with van der Waals surface area (Å²) in [5.41, 5.74) is 2.31.